The molecule has 0 amide bonds. The van der Waals surface area contributed by atoms with E-state index in [1.54, 1.807) is 0 Å². The van der Waals surface area contributed by atoms with Gasteiger partial charge in [0, 0.05) is 14.6 Å². The summed E-state index contributed by atoms with van der Waals surface area (Å²) in [6, 6.07) is 4.22. The number of hydrogen-bond acceptors (Lipinski definition) is 1. The van der Waals surface area contributed by atoms with Crippen LogP contribution in [-0.2, 0) is 6.54 Å². The van der Waals surface area contributed by atoms with Crippen molar-refractivity contribution < 1.29 is 0 Å². The van der Waals surface area contributed by atoms with Crippen LogP contribution in [0.5, 0.6) is 0 Å². The lowest BCUT2D eigenvalue weighted by atomic mass is 10.1. The van der Waals surface area contributed by atoms with Crippen molar-refractivity contribution in [2.45, 2.75) is 13.5 Å². The predicted molar refractivity (Wildman–Crippen MR) is 59.5 cm³/mol. The highest BCUT2D eigenvalue weighted by Crippen LogP contribution is 2.24. The summed E-state index contributed by atoms with van der Waals surface area (Å²) < 4.78 is 2.36. The lowest BCUT2D eigenvalue weighted by Crippen LogP contribution is -1.99. The highest BCUT2D eigenvalue weighted by Gasteiger charge is 2.02. The Hall–Kier alpha value is 0.390. The van der Waals surface area contributed by atoms with Gasteiger partial charge in [0.25, 0.3) is 0 Å². The molecule has 11 heavy (non-hydrogen) atoms. The van der Waals surface area contributed by atoms with Crippen LogP contribution in [0, 0.1) is 10.5 Å². The van der Waals surface area contributed by atoms with Gasteiger partial charge in [-0.15, -0.1) is 0 Å². The molecule has 0 heterocycles. The third-order valence-corrected chi connectivity index (χ3v) is 4.11. The van der Waals surface area contributed by atoms with Crippen LogP contribution in [0.15, 0.2) is 16.6 Å². The Kier molecular flexibility index (Phi) is 3.33. The Balaban J connectivity index is 3.24. The van der Waals surface area contributed by atoms with E-state index in [2.05, 4.69) is 57.6 Å². The van der Waals surface area contributed by atoms with E-state index in [9.17, 15) is 0 Å². The van der Waals surface area contributed by atoms with Gasteiger partial charge in [-0.05, 0) is 62.6 Å². The molecule has 60 valence electrons. The molecule has 0 saturated heterocycles. The van der Waals surface area contributed by atoms with Gasteiger partial charge in [-0.25, -0.2) is 0 Å². The SMILES string of the molecule is Cc1cc(Br)c(I)c(CN)c1. The predicted octanol–water partition coefficient (Wildman–Crippen LogP) is 2.82. The third-order valence-electron chi connectivity index (χ3n) is 1.47. The van der Waals surface area contributed by atoms with E-state index in [4.69, 9.17) is 5.73 Å². The largest absolute Gasteiger partial charge is 0.326 e. The molecule has 2 N–H and O–H groups in total. The summed E-state index contributed by atoms with van der Waals surface area (Å²) in [5.41, 5.74) is 8.02. The fourth-order valence-electron chi connectivity index (χ4n) is 0.945. The van der Waals surface area contributed by atoms with E-state index < -0.39 is 0 Å². The Morgan fingerprint density at radius 2 is 2.18 bits per heavy atom. The number of aryl methyl sites for hydroxylation is 1. The second-order valence-corrected chi connectivity index (χ2v) is 4.36. The Bertz CT molecular complexity index is 273. The topological polar surface area (TPSA) is 26.0 Å². The minimum absolute atomic E-state index is 0.610. The van der Waals surface area contributed by atoms with Crippen molar-refractivity contribution in [1.82, 2.24) is 0 Å². The summed E-state index contributed by atoms with van der Waals surface area (Å²) in [4.78, 5) is 0. The van der Waals surface area contributed by atoms with Crippen LogP contribution in [0.4, 0.5) is 0 Å². The average molecular weight is 326 g/mol. The second-order valence-electron chi connectivity index (χ2n) is 2.42. The highest BCUT2D eigenvalue weighted by molar-refractivity contribution is 14.1. The first-order valence-electron chi connectivity index (χ1n) is 3.29. The van der Waals surface area contributed by atoms with Crippen LogP contribution in [0.2, 0.25) is 0 Å². The van der Waals surface area contributed by atoms with Gasteiger partial charge in [-0.2, -0.15) is 0 Å². The van der Waals surface area contributed by atoms with Crippen LogP contribution in [-0.4, -0.2) is 0 Å². The van der Waals surface area contributed by atoms with Crippen LogP contribution in [0.25, 0.3) is 0 Å². The fourth-order valence-corrected chi connectivity index (χ4v) is 2.09. The lowest BCUT2D eigenvalue weighted by molar-refractivity contribution is 1.05. The first kappa shape index (κ1) is 9.48. The quantitative estimate of drug-likeness (QED) is 0.789. The van der Waals surface area contributed by atoms with Crippen molar-refractivity contribution in [3.63, 3.8) is 0 Å². The Morgan fingerprint density at radius 1 is 1.55 bits per heavy atom. The van der Waals surface area contributed by atoms with Crippen LogP contribution in [0.3, 0.4) is 0 Å². The lowest BCUT2D eigenvalue weighted by Gasteiger charge is -2.04. The molecule has 0 aliphatic carbocycles. The first-order valence-corrected chi connectivity index (χ1v) is 5.17. The molecule has 3 heteroatoms. The fraction of sp³-hybridized carbons (Fsp3) is 0.250. The van der Waals surface area contributed by atoms with Crippen molar-refractivity contribution in [2.75, 3.05) is 0 Å². The second kappa shape index (κ2) is 3.87. The molecule has 0 spiro atoms. The monoisotopic (exact) mass is 325 g/mol. The zero-order valence-corrected chi connectivity index (χ0v) is 9.94. The zero-order valence-electron chi connectivity index (χ0n) is 6.20. The smallest absolute Gasteiger partial charge is 0.0317 e. The van der Waals surface area contributed by atoms with E-state index >= 15 is 0 Å². The van der Waals surface area contributed by atoms with E-state index in [1.165, 1.54) is 14.7 Å². The van der Waals surface area contributed by atoms with Gasteiger partial charge in [-0.1, -0.05) is 6.07 Å². The van der Waals surface area contributed by atoms with Gasteiger partial charge in [0.15, 0.2) is 0 Å². The molecule has 1 aromatic carbocycles. The summed E-state index contributed by atoms with van der Waals surface area (Å²) in [6.07, 6.45) is 0. The molecule has 1 rings (SSSR count). The minimum Gasteiger partial charge on any atom is -0.326 e. The van der Waals surface area contributed by atoms with Gasteiger partial charge >= 0.3 is 0 Å². The van der Waals surface area contributed by atoms with Gasteiger partial charge in [0.05, 0.1) is 0 Å². The Morgan fingerprint density at radius 3 is 2.73 bits per heavy atom. The van der Waals surface area contributed by atoms with E-state index in [-0.39, 0.29) is 0 Å². The summed E-state index contributed by atoms with van der Waals surface area (Å²) in [7, 11) is 0. The van der Waals surface area contributed by atoms with Crippen LogP contribution >= 0.6 is 38.5 Å². The molecule has 0 atom stereocenters. The van der Waals surface area contributed by atoms with E-state index in [1.807, 2.05) is 0 Å². The summed E-state index contributed by atoms with van der Waals surface area (Å²) in [5.74, 6) is 0. The maximum absolute atomic E-state index is 5.56. The molecular weight excluding hydrogens is 317 g/mol. The maximum Gasteiger partial charge on any atom is 0.0317 e. The average Bonchev–Trinajstić information content (AvgIpc) is 1.96. The molecular formula is C8H9BrIN. The van der Waals surface area contributed by atoms with Crippen LogP contribution in [0.1, 0.15) is 11.1 Å². The van der Waals surface area contributed by atoms with E-state index in [0.29, 0.717) is 6.54 Å². The number of benzene rings is 1. The summed E-state index contributed by atoms with van der Waals surface area (Å²) in [6.45, 7) is 2.68. The molecule has 1 nitrogen and oxygen atoms in total. The van der Waals surface area contributed by atoms with Crippen LogP contribution < -0.4 is 5.73 Å². The van der Waals surface area contributed by atoms with Gasteiger partial charge in [-0.3, -0.25) is 0 Å². The summed E-state index contributed by atoms with van der Waals surface area (Å²) >= 11 is 5.77. The highest BCUT2D eigenvalue weighted by atomic mass is 127. The van der Waals surface area contributed by atoms with Crippen molar-refractivity contribution in [1.29, 1.82) is 0 Å². The third kappa shape index (κ3) is 2.16. The minimum atomic E-state index is 0.610. The standard InChI is InChI=1S/C8H9BrIN/c1-5-2-6(4-11)8(10)7(9)3-5/h2-3H,4,11H2,1H3. The molecule has 0 radical (unpaired) electrons. The normalized spacial score (nSPS) is 10.2. The molecule has 0 saturated carbocycles. The maximum atomic E-state index is 5.56. The van der Waals surface area contributed by atoms with Crippen molar-refractivity contribution >= 4 is 38.5 Å². The molecule has 1 aromatic rings. The van der Waals surface area contributed by atoms with Gasteiger partial charge < -0.3 is 5.73 Å². The molecule has 0 aliphatic rings. The molecule has 0 aliphatic heterocycles. The Labute approximate surface area is 88.6 Å². The van der Waals surface area contributed by atoms with Gasteiger partial charge in [0.2, 0.25) is 0 Å². The number of halogens is 2. The number of hydrogen-bond donors (Lipinski definition) is 1. The number of rotatable bonds is 1. The summed E-state index contributed by atoms with van der Waals surface area (Å²) in [5, 5.41) is 0. The van der Waals surface area contributed by atoms with Crippen molar-refractivity contribution in [2.24, 2.45) is 5.73 Å². The van der Waals surface area contributed by atoms with Crippen molar-refractivity contribution in [3.8, 4) is 0 Å². The zero-order chi connectivity index (χ0) is 8.43. The number of nitrogens with two attached hydrogens (primary N) is 1. The van der Waals surface area contributed by atoms with E-state index in [0.717, 1.165) is 4.47 Å². The molecule has 0 unspecified atom stereocenters. The molecule has 0 fully saturated rings. The van der Waals surface area contributed by atoms with Gasteiger partial charge in [0.1, 0.15) is 0 Å². The molecule has 0 bridgehead atoms. The first-order chi connectivity index (χ1) is 5.15. The molecule has 0 aromatic heterocycles. The van der Waals surface area contributed by atoms with Crippen molar-refractivity contribution in [3.05, 3.63) is 31.3 Å².